The van der Waals surface area contributed by atoms with Gasteiger partial charge in [-0.15, -0.1) is 0 Å². The molecule has 1 saturated heterocycles. The number of nitrogens with one attached hydrogen (secondary N) is 2. The van der Waals surface area contributed by atoms with Crippen molar-refractivity contribution in [1.82, 2.24) is 14.9 Å². The van der Waals surface area contributed by atoms with Crippen LogP contribution in [-0.4, -0.2) is 45.7 Å². The summed E-state index contributed by atoms with van der Waals surface area (Å²) in [6.45, 7) is 12.9. The largest absolute Gasteiger partial charge is 0.444 e. The summed E-state index contributed by atoms with van der Waals surface area (Å²) < 4.78 is 11.8. The van der Waals surface area contributed by atoms with Crippen molar-refractivity contribution in [3.63, 3.8) is 0 Å². The Balaban J connectivity index is 1.53. The fourth-order valence-electron chi connectivity index (χ4n) is 4.54. The first-order valence-corrected chi connectivity index (χ1v) is 13.2. The van der Waals surface area contributed by atoms with Crippen LogP contribution in [0.1, 0.15) is 55.9 Å². The molecule has 0 bridgehead atoms. The minimum Gasteiger partial charge on any atom is -0.444 e. The molecule has 0 saturated carbocycles. The van der Waals surface area contributed by atoms with Gasteiger partial charge in [0.1, 0.15) is 17.2 Å². The number of rotatable bonds is 6. The average molecular weight is 529 g/mol. The molecule has 0 unspecified atom stereocenters. The van der Waals surface area contributed by atoms with Crippen LogP contribution in [-0.2, 0) is 4.74 Å². The number of carbonyl (C=O) groups excluding carboxylic acids is 1. The maximum Gasteiger partial charge on any atom is 0.410 e. The highest BCUT2D eigenvalue weighted by Gasteiger charge is 2.27. The number of aryl methyl sites for hydroxylation is 3. The lowest BCUT2D eigenvalue weighted by molar-refractivity contribution is 0.0210. The number of likely N-dealkylation sites (tertiary alicyclic amines) is 1. The molecule has 2 N–H and O–H groups in total. The van der Waals surface area contributed by atoms with Gasteiger partial charge in [0, 0.05) is 30.9 Å². The van der Waals surface area contributed by atoms with E-state index >= 15 is 0 Å². The van der Waals surface area contributed by atoms with Crippen LogP contribution in [0.5, 0.6) is 11.6 Å². The van der Waals surface area contributed by atoms with Crippen LogP contribution in [0.4, 0.5) is 22.2 Å². The van der Waals surface area contributed by atoms with Gasteiger partial charge in [-0.25, -0.2) is 4.79 Å². The summed E-state index contributed by atoms with van der Waals surface area (Å²) in [5, 5.41) is 15.8. The first-order chi connectivity index (χ1) is 18.5. The molecule has 4 rings (SSSR count). The molecular weight excluding hydrogens is 492 g/mol. The number of nitriles is 1. The number of piperidine rings is 1. The molecule has 1 fully saturated rings. The number of anilines is 3. The molecule has 9 nitrogen and oxygen atoms in total. The zero-order valence-corrected chi connectivity index (χ0v) is 23.5. The molecule has 1 aliphatic rings. The Hall–Kier alpha value is -4.32. The minimum atomic E-state index is -0.518. The zero-order chi connectivity index (χ0) is 28.2. The Morgan fingerprint density at radius 1 is 1.03 bits per heavy atom. The number of aromatic nitrogens is 2. The van der Waals surface area contributed by atoms with Gasteiger partial charge >= 0.3 is 6.09 Å². The Labute approximate surface area is 230 Å². The van der Waals surface area contributed by atoms with Gasteiger partial charge in [-0.3, -0.25) is 0 Å². The second-order valence-electron chi connectivity index (χ2n) is 10.9. The molecule has 9 heteroatoms. The lowest BCUT2D eigenvalue weighted by atomic mass is 10.1. The standard InChI is InChI=1S/C30H36N6O3/c1-19-15-20(2)27(21(3)16-19)38-26-17-25(34-28(35-26)33-23-9-7-22(18-31)8-10-23)32-24-11-13-36(14-12-24)29(37)39-30(4,5)6/h7-10,15-17,24H,11-14H2,1-6H3,(H2,32,33,34,35). The highest BCUT2D eigenvalue weighted by Crippen LogP contribution is 2.31. The molecular formula is C30H36N6O3. The van der Waals surface area contributed by atoms with E-state index in [1.165, 1.54) is 5.56 Å². The predicted octanol–water partition coefficient (Wildman–Crippen LogP) is 6.62. The number of nitrogens with zero attached hydrogens (tertiary/aromatic N) is 4. The third-order valence-corrected chi connectivity index (χ3v) is 6.28. The molecule has 204 valence electrons. The van der Waals surface area contributed by atoms with E-state index in [-0.39, 0.29) is 12.1 Å². The van der Waals surface area contributed by atoms with E-state index in [1.807, 2.05) is 46.8 Å². The van der Waals surface area contributed by atoms with Gasteiger partial charge in [0.2, 0.25) is 11.8 Å². The highest BCUT2D eigenvalue weighted by atomic mass is 16.6. The summed E-state index contributed by atoms with van der Waals surface area (Å²) in [7, 11) is 0. The monoisotopic (exact) mass is 528 g/mol. The van der Waals surface area contributed by atoms with Gasteiger partial charge in [0.15, 0.2) is 0 Å². The third kappa shape index (κ3) is 7.60. The van der Waals surface area contributed by atoms with Crippen molar-refractivity contribution in [2.24, 2.45) is 0 Å². The van der Waals surface area contributed by atoms with E-state index in [1.54, 1.807) is 23.1 Å². The van der Waals surface area contributed by atoms with Gasteiger partial charge in [0.25, 0.3) is 0 Å². The fraction of sp³-hybridized carbons (Fsp3) is 0.400. The lowest BCUT2D eigenvalue weighted by Gasteiger charge is -2.34. The highest BCUT2D eigenvalue weighted by molar-refractivity contribution is 5.68. The lowest BCUT2D eigenvalue weighted by Crippen LogP contribution is -2.44. The van der Waals surface area contributed by atoms with E-state index in [4.69, 9.17) is 14.7 Å². The number of amides is 1. The third-order valence-electron chi connectivity index (χ3n) is 6.28. The van der Waals surface area contributed by atoms with Gasteiger partial charge in [0.05, 0.1) is 11.6 Å². The number of benzene rings is 2. The van der Waals surface area contributed by atoms with Crippen LogP contribution in [0.3, 0.4) is 0 Å². The molecule has 1 amide bonds. The van der Waals surface area contributed by atoms with Crippen LogP contribution in [0.15, 0.2) is 42.5 Å². The number of hydrogen-bond donors (Lipinski definition) is 2. The molecule has 0 aliphatic carbocycles. The quantitative estimate of drug-likeness (QED) is 0.367. The minimum absolute atomic E-state index is 0.122. The molecule has 1 aromatic heterocycles. The van der Waals surface area contributed by atoms with Crippen LogP contribution >= 0.6 is 0 Å². The van der Waals surface area contributed by atoms with Crippen molar-refractivity contribution in [2.75, 3.05) is 23.7 Å². The van der Waals surface area contributed by atoms with Crippen molar-refractivity contribution >= 4 is 23.5 Å². The number of ether oxygens (including phenoxy) is 2. The van der Waals surface area contributed by atoms with Crippen LogP contribution in [0.25, 0.3) is 0 Å². The van der Waals surface area contributed by atoms with Gasteiger partial charge in [-0.05, 0) is 89.8 Å². The van der Waals surface area contributed by atoms with E-state index in [9.17, 15) is 4.79 Å². The van der Waals surface area contributed by atoms with E-state index in [0.29, 0.717) is 36.3 Å². The summed E-state index contributed by atoms with van der Waals surface area (Å²) in [5.41, 5.74) is 4.03. The molecule has 0 radical (unpaired) electrons. The summed E-state index contributed by atoms with van der Waals surface area (Å²) in [6, 6.07) is 15.3. The van der Waals surface area contributed by atoms with Crippen LogP contribution in [0.2, 0.25) is 0 Å². The second kappa shape index (κ2) is 11.6. The molecule has 2 heterocycles. The average Bonchev–Trinajstić information content (AvgIpc) is 2.86. The smallest absolute Gasteiger partial charge is 0.410 e. The second-order valence-corrected chi connectivity index (χ2v) is 10.9. The van der Waals surface area contributed by atoms with Crippen molar-refractivity contribution in [2.45, 2.75) is 66.0 Å². The first kappa shape index (κ1) is 27.7. The topological polar surface area (TPSA) is 112 Å². The van der Waals surface area contributed by atoms with Crippen molar-refractivity contribution in [3.05, 3.63) is 64.7 Å². The number of carbonyl (C=O) groups is 1. The van der Waals surface area contributed by atoms with Crippen molar-refractivity contribution < 1.29 is 14.3 Å². The molecule has 0 atom stereocenters. The van der Waals surface area contributed by atoms with E-state index in [0.717, 1.165) is 35.4 Å². The molecule has 2 aromatic carbocycles. The zero-order valence-electron chi connectivity index (χ0n) is 23.5. The maximum atomic E-state index is 12.5. The Bertz CT molecular complexity index is 1340. The van der Waals surface area contributed by atoms with Gasteiger partial charge in [-0.2, -0.15) is 15.2 Å². The SMILES string of the molecule is Cc1cc(C)c(Oc2cc(NC3CCN(C(=O)OC(C)(C)C)CC3)nc(Nc3ccc(C#N)cc3)n2)c(C)c1. The van der Waals surface area contributed by atoms with Gasteiger partial charge < -0.3 is 25.0 Å². The summed E-state index contributed by atoms with van der Waals surface area (Å²) >= 11 is 0. The summed E-state index contributed by atoms with van der Waals surface area (Å²) in [4.78, 5) is 23.5. The molecule has 1 aliphatic heterocycles. The van der Waals surface area contributed by atoms with Crippen molar-refractivity contribution in [1.29, 1.82) is 5.26 Å². The molecule has 3 aromatic rings. The predicted molar refractivity (Wildman–Crippen MR) is 152 cm³/mol. The number of hydrogen-bond acceptors (Lipinski definition) is 8. The molecule has 0 spiro atoms. The Kier molecular flexibility index (Phi) is 8.24. The van der Waals surface area contributed by atoms with Gasteiger partial charge in [-0.1, -0.05) is 17.7 Å². The van der Waals surface area contributed by atoms with E-state index in [2.05, 4.69) is 45.7 Å². The van der Waals surface area contributed by atoms with Crippen LogP contribution in [0, 0.1) is 32.1 Å². The Morgan fingerprint density at radius 3 is 2.26 bits per heavy atom. The van der Waals surface area contributed by atoms with Crippen LogP contribution < -0.4 is 15.4 Å². The van der Waals surface area contributed by atoms with Crippen molar-refractivity contribution in [3.8, 4) is 17.7 Å². The maximum absolute atomic E-state index is 12.5. The normalized spacial score (nSPS) is 13.9. The Morgan fingerprint density at radius 2 is 1.67 bits per heavy atom. The first-order valence-electron chi connectivity index (χ1n) is 13.2. The summed E-state index contributed by atoms with van der Waals surface area (Å²) in [5.74, 6) is 2.16. The summed E-state index contributed by atoms with van der Waals surface area (Å²) in [6.07, 6.45) is 1.23. The fourth-order valence-corrected chi connectivity index (χ4v) is 4.54. The molecule has 39 heavy (non-hydrogen) atoms. The van der Waals surface area contributed by atoms with E-state index < -0.39 is 5.60 Å².